The molecule has 0 saturated heterocycles. The van der Waals surface area contributed by atoms with Gasteiger partial charge in [0, 0.05) is 10.9 Å². The second-order valence-corrected chi connectivity index (χ2v) is 6.58. The molecule has 0 atom stereocenters. The molecule has 0 aliphatic heterocycles. The summed E-state index contributed by atoms with van der Waals surface area (Å²) >= 11 is 3.65. The summed E-state index contributed by atoms with van der Waals surface area (Å²) in [5.41, 5.74) is 7.89. The Morgan fingerprint density at radius 1 is 0.636 bits per heavy atom. The standard InChI is InChI=1S/C21H15Br/c22-17-13-16-9-6-12-20(21(16)14-17)19-11-5-4-10-18(19)15-7-2-1-3-8-15/h1-12,14H,13H2. The molecule has 0 heterocycles. The first-order valence-corrected chi connectivity index (χ1v) is 8.25. The molecule has 0 unspecified atom stereocenters. The molecule has 0 radical (unpaired) electrons. The molecule has 0 amide bonds. The third-order valence-corrected chi connectivity index (χ3v) is 4.67. The van der Waals surface area contributed by atoms with Crippen LogP contribution in [0.2, 0.25) is 0 Å². The van der Waals surface area contributed by atoms with E-state index in [1.165, 1.54) is 37.9 Å². The average Bonchev–Trinajstić information content (AvgIpc) is 2.96. The Morgan fingerprint density at radius 3 is 2.14 bits per heavy atom. The number of fused-ring (bicyclic) bond motifs is 1. The summed E-state index contributed by atoms with van der Waals surface area (Å²) in [5.74, 6) is 0. The topological polar surface area (TPSA) is 0 Å². The summed E-state index contributed by atoms with van der Waals surface area (Å²) in [6.45, 7) is 0. The number of benzene rings is 3. The molecule has 0 spiro atoms. The van der Waals surface area contributed by atoms with Crippen LogP contribution in [0.5, 0.6) is 0 Å². The van der Waals surface area contributed by atoms with Gasteiger partial charge in [0.2, 0.25) is 0 Å². The maximum Gasteiger partial charge on any atom is 0.00470 e. The zero-order valence-corrected chi connectivity index (χ0v) is 13.7. The van der Waals surface area contributed by atoms with Crippen LogP contribution >= 0.6 is 15.9 Å². The van der Waals surface area contributed by atoms with Gasteiger partial charge in [0.25, 0.3) is 0 Å². The van der Waals surface area contributed by atoms with E-state index >= 15 is 0 Å². The van der Waals surface area contributed by atoms with E-state index in [2.05, 4.69) is 94.8 Å². The van der Waals surface area contributed by atoms with E-state index in [-0.39, 0.29) is 0 Å². The van der Waals surface area contributed by atoms with Crippen molar-refractivity contribution in [1.82, 2.24) is 0 Å². The number of allylic oxidation sites excluding steroid dienone is 1. The van der Waals surface area contributed by atoms with Crippen molar-refractivity contribution >= 4 is 22.0 Å². The fourth-order valence-electron chi connectivity index (χ4n) is 3.15. The zero-order valence-electron chi connectivity index (χ0n) is 12.1. The molecule has 3 aromatic rings. The maximum atomic E-state index is 3.65. The van der Waals surface area contributed by atoms with E-state index in [0.29, 0.717) is 0 Å². The Kier molecular flexibility index (Phi) is 3.44. The number of rotatable bonds is 2. The van der Waals surface area contributed by atoms with Gasteiger partial charge in [-0.25, -0.2) is 0 Å². The predicted octanol–water partition coefficient (Wildman–Crippen LogP) is 6.31. The van der Waals surface area contributed by atoms with Gasteiger partial charge in [0.15, 0.2) is 0 Å². The molecule has 1 aliphatic carbocycles. The Bertz CT molecular complexity index is 860. The van der Waals surface area contributed by atoms with Gasteiger partial charge < -0.3 is 0 Å². The van der Waals surface area contributed by atoms with Crippen molar-refractivity contribution < 1.29 is 0 Å². The van der Waals surface area contributed by atoms with Gasteiger partial charge in [-0.15, -0.1) is 0 Å². The van der Waals surface area contributed by atoms with Gasteiger partial charge in [-0.2, -0.15) is 0 Å². The van der Waals surface area contributed by atoms with Gasteiger partial charge in [-0.05, 0) is 39.5 Å². The van der Waals surface area contributed by atoms with Crippen LogP contribution in [0.25, 0.3) is 28.3 Å². The molecule has 106 valence electrons. The van der Waals surface area contributed by atoms with E-state index in [1.54, 1.807) is 0 Å². The van der Waals surface area contributed by atoms with E-state index in [1.807, 2.05) is 0 Å². The summed E-state index contributed by atoms with van der Waals surface area (Å²) in [6, 6.07) is 25.9. The lowest BCUT2D eigenvalue weighted by Crippen LogP contribution is -1.90. The first kappa shape index (κ1) is 13.5. The monoisotopic (exact) mass is 346 g/mol. The first-order valence-electron chi connectivity index (χ1n) is 7.46. The molecule has 0 bridgehead atoms. The Balaban J connectivity index is 1.95. The third kappa shape index (κ3) is 2.32. The lowest BCUT2D eigenvalue weighted by Gasteiger charge is -2.13. The molecule has 0 saturated carbocycles. The van der Waals surface area contributed by atoms with Crippen molar-refractivity contribution in [3.8, 4) is 22.3 Å². The highest BCUT2D eigenvalue weighted by molar-refractivity contribution is 9.11. The highest BCUT2D eigenvalue weighted by Gasteiger charge is 2.17. The molecule has 0 nitrogen and oxygen atoms in total. The third-order valence-electron chi connectivity index (χ3n) is 4.16. The van der Waals surface area contributed by atoms with Crippen molar-refractivity contribution in [2.24, 2.45) is 0 Å². The molecule has 0 N–H and O–H groups in total. The Labute approximate surface area is 139 Å². The van der Waals surface area contributed by atoms with E-state index in [0.717, 1.165) is 6.42 Å². The Morgan fingerprint density at radius 2 is 1.32 bits per heavy atom. The molecule has 3 aromatic carbocycles. The van der Waals surface area contributed by atoms with Crippen molar-refractivity contribution in [3.63, 3.8) is 0 Å². The molecule has 1 heteroatoms. The van der Waals surface area contributed by atoms with Gasteiger partial charge in [-0.3, -0.25) is 0 Å². The molecular formula is C21H15Br. The van der Waals surface area contributed by atoms with E-state index in [4.69, 9.17) is 0 Å². The molecule has 22 heavy (non-hydrogen) atoms. The summed E-state index contributed by atoms with van der Waals surface area (Å²) in [5, 5.41) is 0. The first-order chi connectivity index (χ1) is 10.8. The highest BCUT2D eigenvalue weighted by atomic mass is 79.9. The summed E-state index contributed by atoms with van der Waals surface area (Å²) in [4.78, 5) is 0. The fourth-order valence-corrected chi connectivity index (χ4v) is 3.68. The molecule has 1 aliphatic rings. The minimum absolute atomic E-state index is 0.997. The quantitative estimate of drug-likeness (QED) is 0.509. The molecule has 4 rings (SSSR count). The van der Waals surface area contributed by atoms with E-state index < -0.39 is 0 Å². The number of halogens is 1. The van der Waals surface area contributed by atoms with Gasteiger partial charge >= 0.3 is 0 Å². The van der Waals surface area contributed by atoms with Crippen LogP contribution < -0.4 is 0 Å². The minimum atomic E-state index is 0.997. The smallest absolute Gasteiger partial charge is 0.00470 e. The van der Waals surface area contributed by atoms with Crippen LogP contribution in [-0.2, 0) is 6.42 Å². The van der Waals surface area contributed by atoms with E-state index in [9.17, 15) is 0 Å². The maximum absolute atomic E-state index is 3.65. The van der Waals surface area contributed by atoms with Crippen LogP contribution in [-0.4, -0.2) is 0 Å². The van der Waals surface area contributed by atoms with Crippen molar-refractivity contribution in [3.05, 3.63) is 88.4 Å². The summed E-state index contributed by atoms with van der Waals surface area (Å²) in [7, 11) is 0. The summed E-state index contributed by atoms with van der Waals surface area (Å²) in [6.07, 6.45) is 3.25. The second kappa shape index (κ2) is 5.58. The largest absolute Gasteiger partial charge is 0.0622 e. The highest BCUT2D eigenvalue weighted by Crippen LogP contribution is 2.39. The molecular weight excluding hydrogens is 332 g/mol. The van der Waals surface area contributed by atoms with Crippen molar-refractivity contribution in [2.75, 3.05) is 0 Å². The van der Waals surface area contributed by atoms with Crippen LogP contribution in [0.4, 0.5) is 0 Å². The minimum Gasteiger partial charge on any atom is -0.0622 e. The van der Waals surface area contributed by atoms with Crippen LogP contribution in [0, 0.1) is 0 Å². The Hall–Kier alpha value is -2.12. The van der Waals surface area contributed by atoms with Gasteiger partial charge in [-0.1, -0.05) is 88.7 Å². The lowest BCUT2D eigenvalue weighted by atomic mass is 9.91. The number of hydrogen-bond acceptors (Lipinski definition) is 0. The van der Waals surface area contributed by atoms with Crippen LogP contribution in [0.3, 0.4) is 0 Å². The SMILES string of the molecule is BrC1=Cc2c(cccc2-c2ccccc2-c2ccccc2)C1. The zero-order chi connectivity index (χ0) is 14.9. The number of hydrogen-bond donors (Lipinski definition) is 0. The molecule has 0 fully saturated rings. The lowest BCUT2D eigenvalue weighted by molar-refractivity contribution is 1.30. The average molecular weight is 347 g/mol. The molecule has 0 aromatic heterocycles. The normalized spacial score (nSPS) is 12.9. The van der Waals surface area contributed by atoms with Gasteiger partial charge in [0.05, 0.1) is 0 Å². The second-order valence-electron chi connectivity index (χ2n) is 5.56. The van der Waals surface area contributed by atoms with Crippen molar-refractivity contribution in [1.29, 1.82) is 0 Å². The van der Waals surface area contributed by atoms with Crippen LogP contribution in [0.15, 0.2) is 77.3 Å². The fraction of sp³-hybridized carbons (Fsp3) is 0.0476. The van der Waals surface area contributed by atoms with Crippen molar-refractivity contribution in [2.45, 2.75) is 6.42 Å². The van der Waals surface area contributed by atoms with Gasteiger partial charge in [0.1, 0.15) is 0 Å². The van der Waals surface area contributed by atoms with Crippen LogP contribution in [0.1, 0.15) is 11.1 Å². The summed E-state index contributed by atoms with van der Waals surface area (Å²) < 4.78 is 1.26. The predicted molar refractivity (Wildman–Crippen MR) is 97.9 cm³/mol.